The van der Waals surface area contributed by atoms with Crippen LogP contribution in [0.4, 0.5) is 0 Å². The largest absolute Gasteiger partial charge is 0.494 e. The van der Waals surface area contributed by atoms with Crippen molar-refractivity contribution in [2.24, 2.45) is 0 Å². The molecule has 0 radical (unpaired) electrons. The first kappa shape index (κ1) is 13.6. The van der Waals surface area contributed by atoms with E-state index in [2.05, 4.69) is 4.98 Å². The fraction of sp³-hybridized carbons (Fsp3) is 0.294. The molecule has 0 unspecified atom stereocenters. The molecule has 0 N–H and O–H groups in total. The van der Waals surface area contributed by atoms with E-state index in [1.54, 1.807) is 6.92 Å². The lowest BCUT2D eigenvalue weighted by molar-refractivity contribution is 0.340. The molecule has 0 aromatic heterocycles. The predicted octanol–water partition coefficient (Wildman–Crippen LogP) is 3.62. The second-order valence-electron chi connectivity index (χ2n) is 5.16. The summed E-state index contributed by atoms with van der Waals surface area (Å²) in [6.07, 6.45) is 0. The van der Waals surface area contributed by atoms with Crippen LogP contribution in [-0.2, 0) is 0 Å². The normalized spacial score (nSPS) is 11.2. The number of aromatic nitrogens is 1. The number of fused-ring (bicyclic) bond motifs is 2. The van der Waals surface area contributed by atoms with Gasteiger partial charge in [0.2, 0.25) is 0 Å². The zero-order valence-corrected chi connectivity index (χ0v) is 12.6. The summed E-state index contributed by atoms with van der Waals surface area (Å²) in [4.78, 5) is 16.8. The molecule has 3 rings (SSSR count). The van der Waals surface area contributed by atoms with Crippen LogP contribution in [0.5, 0.6) is 5.75 Å². The Morgan fingerprint density at radius 3 is 2.62 bits per heavy atom. The minimum Gasteiger partial charge on any atom is -0.494 e. The summed E-state index contributed by atoms with van der Waals surface area (Å²) < 4.78 is 11.4. The van der Waals surface area contributed by atoms with Gasteiger partial charge in [0.05, 0.1) is 6.61 Å². The third-order valence-corrected chi connectivity index (χ3v) is 3.84. The molecule has 1 aliphatic heterocycles. The van der Waals surface area contributed by atoms with Crippen LogP contribution in [0.1, 0.15) is 23.6 Å². The molecule has 4 heteroatoms. The highest BCUT2D eigenvalue weighted by molar-refractivity contribution is 5.79. The first-order chi connectivity index (χ1) is 10.0. The zero-order chi connectivity index (χ0) is 15.1. The van der Waals surface area contributed by atoms with E-state index in [1.807, 2.05) is 39.0 Å². The van der Waals surface area contributed by atoms with E-state index >= 15 is 0 Å². The van der Waals surface area contributed by atoms with E-state index in [4.69, 9.17) is 9.15 Å². The van der Waals surface area contributed by atoms with Crippen molar-refractivity contribution in [3.63, 3.8) is 0 Å². The highest BCUT2D eigenvalue weighted by Crippen LogP contribution is 2.31. The average Bonchev–Trinajstić information content (AvgIpc) is 2.49. The Morgan fingerprint density at radius 1 is 1.14 bits per heavy atom. The Labute approximate surface area is 122 Å². The average molecular weight is 283 g/mol. The molecule has 0 amide bonds. The molecule has 0 bridgehead atoms. The third kappa shape index (κ3) is 2.07. The smallest absolute Gasteiger partial charge is 0.188 e. The maximum Gasteiger partial charge on any atom is 0.188 e. The van der Waals surface area contributed by atoms with Gasteiger partial charge >= 0.3 is 0 Å². The molecule has 1 aromatic carbocycles. The maximum atomic E-state index is 12.2. The minimum atomic E-state index is 0.0193. The predicted molar refractivity (Wildman–Crippen MR) is 82.3 cm³/mol. The van der Waals surface area contributed by atoms with E-state index in [0.717, 1.165) is 28.1 Å². The topological polar surface area (TPSA) is 52.3 Å². The quantitative estimate of drug-likeness (QED) is 0.674. The van der Waals surface area contributed by atoms with E-state index < -0.39 is 0 Å². The molecule has 4 nitrogen and oxygen atoms in total. The molecular formula is C17H17NO3. The van der Waals surface area contributed by atoms with Crippen molar-refractivity contribution < 1.29 is 9.15 Å². The molecule has 0 fully saturated rings. The second kappa shape index (κ2) is 4.88. The summed E-state index contributed by atoms with van der Waals surface area (Å²) >= 11 is 0. The SMILES string of the molecule is CCOc1ccc2nc3c(C)c(C)c(=O)c(C)c-3oc2c1. The first-order valence-corrected chi connectivity index (χ1v) is 7.00. The van der Waals surface area contributed by atoms with Crippen LogP contribution in [0.3, 0.4) is 0 Å². The fourth-order valence-corrected chi connectivity index (χ4v) is 2.50. The van der Waals surface area contributed by atoms with Gasteiger partial charge in [-0.3, -0.25) is 4.79 Å². The van der Waals surface area contributed by atoms with Crippen molar-refractivity contribution in [3.8, 4) is 17.2 Å². The van der Waals surface area contributed by atoms with Crippen molar-refractivity contribution in [2.45, 2.75) is 27.7 Å². The Kier molecular flexibility index (Phi) is 3.16. The summed E-state index contributed by atoms with van der Waals surface area (Å²) in [6.45, 7) is 8.03. The lowest BCUT2D eigenvalue weighted by Crippen LogP contribution is -2.14. The Bertz CT molecular complexity index is 864. The van der Waals surface area contributed by atoms with Crippen molar-refractivity contribution in [3.05, 3.63) is 45.1 Å². The molecular weight excluding hydrogens is 266 g/mol. The molecule has 1 aromatic rings. The van der Waals surface area contributed by atoms with E-state index in [0.29, 0.717) is 23.5 Å². The van der Waals surface area contributed by atoms with E-state index in [-0.39, 0.29) is 5.43 Å². The summed E-state index contributed by atoms with van der Waals surface area (Å²) in [5.74, 6) is 1.29. The lowest BCUT2D eigenvalue weighted by atomic mass is 9.99. The van der Waals surface area contributed by atoms with Gasteiger partial charge in [-0.25, -0.2) is 4.98 Å². The number of benzene rings is 2. The standard InChI is InChI=1S/C17H17NO3/c1-5-20-12-6-7-13-14(8-12)21-17-11(4)16(19)10(3)9(2)15(17)18-13/h6-8H,5H2,1-4H3. The van der Waals surface area contributed by atoms with E-state index in [1.165, 1.54) is 0 Å². The molecule has 1 aliphatic carbocycles. The van der Waals surface area contributed by atoms with Gasteiger partial charge in [0.25, 0.3) is 0 Å². The van der Waals surface area contributed by atoms with Crippen LogP contribution in [-0.4, -0.2) is 11.6 Å². The van der Waals surface area contributed by atoms with Crippen molar-refractivity contribution in [1.82, 2.24) is 4.98 Å². The summed E-state index contributed by atoms with van der Waals surface area (Å²) in [6, 6.07) is 5.56. The summed E-state index contributed by atoms with van der Waals surface area (Å²) in [5.41, 5.74) is 4.36. The second-order valence-corrected chi connectivity index (χ2v) is 5.16. The van der Waals surface area contributed by atoms with Crippen LogP contribution in [0.25, 0.3) is 22.6 Å². The maximum absolute atomic E-state index is 12.2. The Morgan fingerprint density at radius 2 is 1.90 bits per heavy atom. The molecule has 21 heavy (non-hydrogen) atoms. The summed E-state index contributed by atoms with van der Waals surface area (Å²) in [7, 11) is 0. The number of hydrogen-bond donors (Lipinski definition) is 0. The fourth-order valence-electron chi connectivity index (χ4n) is 2.50. The van der Waals surface area contributed by atoms with Gasteiger partial charge in [-0.15, -0.1) is 0 Å². The van der Waals surface area contributed by atoms with Crippen molar-refractivity contribution in [1.29, 1.82) is 0 Å². The Hall–Kier alpha value is -2.36. The molecule has 0 saturated carbocycles. The number of hydrogen-bond acceptors (Lipinski definition) is 4. The van der Waals surface area contributed by atoms with Gasteiger partial charge in [-0.1, -0.05) is 0 Å². The van der Waals surface area contributed by atoms with Gasteiger partial charge in [-0.2, -0.15) is 0 Å². The molecule has 0 atom stereocenters. The minimum absolute atomic E-state index is 0.0193. The number of ether oxygens (including phenoxy) is 1. The molecule has 1 heterocycles. The zero-order valence-electron chi connectivity index (χ0n) is 12.6. The van der Waals surface area contributed by atoms with Crippen LogP contribution >= 0.6 is 0 Å². The van der Waals surface area contributed by atoms with Crippen LogP contribution < -0.4 is 10.2 Å². The van der Waals surface area contributed by atoms with Crippen LogP contribution in [0.15, 0.2) is 27.4 Å². The molecule has 0 saturated heterocycles. The van der Waals surface area contributed by atoms with Crippen LogP contribution in [0.2, 0.25) is 0 Å². The Balaban J connectivity index is 2.38. The first-order valence-electron chi connectivity index (χ1n) is 7.00. The van der Waals surface area contributed by atoms with Gasteiger partial charge in [-0.05, 0) is 45.4 Å². The van der Waals surface area contributed by atoms with Crippen molar-refractivity contribution in [2.75, 3.05) is 6.61 Å². The third-order valence-electron chi connectivity index (χ3n) is 3.84. The monoisotopic (exact) mass is 283 g/mol. The highest BCUT2D eigenvalue weighted by Gasteiger charge is 2.20. The summed E-state index contributed by atoms with van der Waals surface area (Å²) in [5, 5.41) is 0. The molecule has 2 aliphatic rings. The molecule has 0 spiro atoms. The van der Waals surface area contributed by atoms with Gasteiger partial charge in [0, 0.05) is 17.2 Å². The van der Waals surface area contributed by atoms with Crippen molar-refractivity contribution >= 4 is 11.1 Å². The van der Waals surface area contributed by atoms with Gasteiger partial charge < -0.3 is 9.15 Å². The van der Waals surface area contributed by atoms with E-state index in [9.17, 15) is 4.79 Å². The highest BCUT2D eigenvalue weighted by atomic mass is 16.5. The number of rotatable bonds is 2. The lowest BCUT2D eigenvalue weighted by Gasteiger charge is -2.13. The number of nitrogens with zero attached hydrogens (tertiary/aromatic N) is 1. The van der Waals surface area contributed by atoms with Gasteiger partial charge in [0.1, 0.15) is 17.0 Å². The van der Waals surface area contributed by atoms with Gasteiger partial charge in [0.15, 0.2) is 16.8 Å². The molecule has 108 valence electrons. The van der Waals surface area contributed by atoms with Crippen LogP contribution in [0, 0.1) is 20.8 Å².